The van der Waals surface area contributed by atoms with Crippen LogP contribution in [-0.2, 0) is 13.1 Å². The first-order chi connectivity index (χ1) is 12.5. The number of nitrogens with one attached hydrogen (secondary N) is 1. The molecule has 2 aromatic rings. The Morgan fingerprint density at radius 2 is 1.88 bits per heavy atom. The molecule has 3 rings (SSSR count). The van der Waals surface area contributed by atoms with Crippen LogP contribution in [-0.4, -0.2) is 23.4 Å². The molecule has 3 nitrogen and oxygen atoms in total. The number of benzene rings is 2. The van der Waals surface area contributed by atoms with Crippen molar-refractivity contribution in [1.29, 1.82) is 0 Å². The van der Waals surface area contributed by atoms with Crippen LogP contribution in [0, 0.1) is 12.7 Å². The highest BCUT2D eigenvalue weighted by molar-refractivity contribution is 5.95. The largest absolute Gasteiger partial charge is 0.348 e. The van der Waals surface area contributed by atoms with E-state index in [1.165, 1.54) is 43.5 Å². The van der Waals surface area contributed by atoms with Crippen LogP contribution in [0.5, 0.6) is 0 Å². The highest BCUT2D eigenvalue weighted by atomic mass is 19.1. The van der Waals surface area contributed by atoms with Gasteiger partial charge in [0.1, 0.15) is 5.82 Å². The van der Waals surface area contributed by atoms with Crippen molar-refractivity contribution in [3.05, 3.63) is 70.5 Å². The van der Waals surface area contributed by atoms with Crippen LogP contribution < -0.4 is 5.32 Å². The smallest absolute Gasteiger partial charge is 0.251 e. The molecule has 2 aromatic carbocycles. The summed E-state index contributed by atoms with van der Waals surface area (Å²) in [5, 5.41) is 2.88. The van der Waals surface area contributed by atoms with Crippen LogP contribution in [0.2, 0.25) is 0 Å². The Bertz CT molecular complexity index is 757. The molecule has 1 amide bonds. The molecular weight excluding hydrogens is 327 g/mol. The fourth-order valence-corrected chi connectivity index (χ4v) is 3.51. The molecule has 0 spiro atoms. The van der Waals surface area contributed by atoms with Gasteiger partial charge in [-0.15, -0.1) is 0 Å². The van der Waals surface area contributed by atoms with Gasteiger partial charge in [0.2, 0.25) is 0 Å². The first-order valence-corrected chi connectivity index (χ1v) is 9.39. The summed E-state index contributed by atoms with van der Waals surface area (Å²) < 4.78 is 13.4. The Labute approximate surface area is 155 Å². The number of hydrogen-bond acceptors (Lipinski definition) is 2. The minimum Gasteiger partial charge on any atom is -0.348 e. The highest BCUT2D eigenvalue weighted by Gasteiger charge is 2.18. The van der Waals surface area contributed by atoms with Crippen molar-refractivity contribution in [2.45, 2.75) is 52.2 Å². The Morgan fingerprint density at radius 1 is 1.15 bits per heavy atom. The van der Waals surface area contributed by atoms with Gasteiger partial charge in [-0.1, -0.05) is 36.8 Å². The average Bonchev–Trinajstić information content (AvgIpc) is 2.65. The van der Waals surface area contributed by atoms with Crippen molar-refractivity contribution in [2.24, 2.45) is 0 Å². The zero-order chi connectivity index (χ0) is 18.5. The van der Waals surface area contributed by atoms with Crippen LogP contribution in [0.4, 0.5) is 4.39 Å². The Hall–Kier alpha value is -2.20. The maximum absolute atomic E-state index is 13.4. The third-order valence-corrected chi connectivity index (χ3v) is 5.25. The van der Waals surface area contributed by atoms with E-state index in [0.717, 1.165) is 17.7 Å². The molecular formula is C22H27FN2O. The predicted molar refractivity (Wildman–Crippen MR) is 102 cm³/mol. The molecule has 0 saturated carbocycles. The predicted octanol–water partition coefficient (Wildman–Crippen LogP) is 4.44. The van der Waals surface area contributed by atoms with Gasteiger partial charge in [-0.2, -0.15) is 0 Å². The Morgan fingerprint density at radius 3 is 2.62 bits per heavy atom. The molecule has 1 aliphatic heterocycles. The minimum atomic E-state index is -0.392. The normalized spacial score (nSPS) is 17.9. The number of rotatable bonds is 5. The van der Waals surface area contributed by atoms with Crippen LogP contribution in [0.15, 0.2) is 42.5 Å². The number of piperidine rings is 1. The molecule has 0 aliphatic carbocycles. The lowest BCUT2D eigenvalue weighted by molar-refractivity contribution is 0.0950. The van der Waals surface area contributed by atoms with Crippen LogP contribution in [0.3, 0.4) is 0 Å². The van der Waals surface area contributed by atoms with Crippen LogP contribution in [0.25, 0.3) is 0 Å². The van der Waals surface area contributed by atoms with E-state index in [-0.39, 0.29) is 5.91 Å². The molecule has 138 valence electrons. The van der Waals surface area contributed by atoms with Crippen molar-refractivity contribution in [3.63, 3.8) is 0 Å². The quantitative estimate of drug-likeness (QED) is 0.861. The van der Waals surface area contributed by atoms with Crippen molar-refractivity contribution in [1.82, 2.24) is 10.2 Å². The molecule has 0 radical (unpaired) electrons. The minimum absolute atomic E-state index is 0.242. The number of hydrogen-bond donors (Lipinski definition) is 1. The van der Waals surface area contributed by atoms with Crippen molar-refractivity contribution in [3.8, 4) is 0 Å². The number of likely N-dealkylation sites (tertiary alicyclic amines) is 1. The number of carbonyl (C=O) groups is 1. The molecule has 1 fully saturated rings. The van der Waals surface area contributed by atoms with E-state index in [1.54, 1.807) is 6.07 Å². The maximum Gasteiger partial charge on any atom is 0.251 e. The summed E-state index contributed by atoms with van der Waals surface area (Å²) in [6.07, 6.45) is 3.90. The van der Waals surface area contributed by atoms with Crippen molar-refractivity contribution >= 4 is 5.91 Å². The first kappa shape index (κ1) is 18.6. The van der Waals surface area contributed by atoms with Crippen molar-refractivity contribution < 1.29 is 9.18 Å². The van der Waals surface area contributed by atoms with Crippen LogP contribution >= 0.6 is 0 Å². The molecule has 1 aliphatic rings. The lowest BCUT2D eigenvalue weighted by atomic mass is 10.0. The highest BCUT2D eigenvalue weighted by Crippen LogP contribution is 2.19. The Kier molecular flexibility index (Phi) is 6.04. The standard InChI is InChI=1S/C22H27FN2O/c1-16-6-11-20(23)13-21(16)22(26)24-14-18-7-9-19(10-8-18)15-25-12-4-3-5-17(25)2/h6-11,13,17H,3-5,12,14-15H2,1-2H3,(H,24,26). The fraction of sp³-hybridized carbons (Fsp3) is 0.409. The molecule has 4 heteroatoms. The number of aryl methyl sites for hydroxylation is 1. The molecule has 26 heavy (non-hydrogen) atoms. The molecule has 0 bridgehead atoms. The van der Waals surface area contributed by atoms with Gasteiger partial charge in [0.25, 0.3) is 5.91 Å². The summed E-state index contributed by atoms with van der Waals surface area (Å²) in [5.74, 6) is -0.634. The second kappa shape index (κ2) is 8.45. The van der Waals surface area contributed by atoms with Gasteiger partial charge in [0.05, 0.1) is 0 Å². The number of carbonyl (C=O) groups excluding carboxylic acids is 1. The zero-order valence-electron chi connectivity index (χ0n) is 15.6. The van der Waals surface area contributed by atoms with E-state index >= 15 is 0 Å². The lowest BCUT2D eigenvalue weighted by Crippen LogP contribution is -2.36. The van der Waals surface area contributed by atoms with E-state index in [4.69, 9.17) is 0 Å². The molecule has 0 aromatic heterocycles. The topological polar surface area (TPSA) is 32.3 Å². The molecule has 1 atom stereocenters. The monoisotopic (exact) mass is 354 g/mol. The third-order valence-electron chi connectivity index (χ3n) is 5.25. The van der Waals surface area contributed by atoms with E-state index < -0.39 is 5.82 Å². The maximum atomic E-state index is 13.4. The first-order valence-electron chi connectivity index (χ1n) is 9.39. The summed E-state index contributed by atoms with van der Waals surface area (Å²) in [7, 11) is 0. The van der Waals surface area contributed by atoms with E-state index in [9.17, 15) is 9.18 Å². The summed E-state index contributed by atoms with van der Waals surface area (Å²) in [5.41, 5.74) is 3.51. The van der Waals surface area contributed by atoms with Crippen LogP contribution in [0.1, 0.15) is 53.2 Å². The van der Waals surface area contributed by atoms with Gasteiger partial charge >= 0.3 is 0 Å². The summed E-state index contributed by atoms with van der Waals surface area (Å²) in [6.45, 7) is 6.71. The van der Waals surface area contributed by atoms with Crippen molar-refractivity contribution in [2.75, 3.05) is 6.54 Å². The van der Waals surface area contributed by atoms with E-state index in [0.29, 0.717) is 18.2 Å². The fourth-order valence-electron chi connectivity index (χ4n) is 3.51. The van der Waals surface area contributed by atoms with Gasteiger partial charge in [-0.3, -0.25) is 9.69 Å². The third kappa shape index (κ3) is 4.70. The second-order valence-corrected chi connectivity index (χ2v) is 7.27. The van der Waals surface area contributed by atoms with Gasteiger partial charge in [-0.25, -0.2) is 4.39 Å². The molecule has 1 unspecified atom stereocenters. The molecule has 1 N–H and O–H groups in total. The van der Waals surface area contributed by atoms with Gasteiger partial charge in [0.15, 0.2) is 0 Å². The average molecular weight is 354 g/mol. The SMILES string of the molecule is Cc1ccc(F)cc1C(=O)NCc1ccc(CN2CCCCC2C)cc1. The summed E-state index contributed by atoms with van der Waals surface area (Å²) in [4.78, 5) is 14.8. The van der Waals surface area contributed by atoms with Gasteiger partial charge in [0, 0.05) is 24.7 Å². The summed E-state index contributed by atoms with van der Waals surface area (Å²) in [6, 6.07) is 13.3. The number of halogens is 1. The second-order valence-electron chi connectivity index (χ2n) is 7.27. The van der Waals surface area contributed by atoms with E-state index in [1.807, 2.05) is 6.92 Å². The zero-order valence-corrected chi connectivity index (χ0v) is 15.6. The number of amides is 1. The molecule has 1 saturated heterocycles. The summed E-state index contributed by atoms with van der Waals surface area (Å²) >= 11 is 0. The van der Waals surface area contributed by atoms with Gasteiger partial charge < -0.3 is 5.32 Å². The van der Waals surface area contributed by atoms with E-state index in [2.05, 4.69) is 41.4 Å². The molecule has 1 heterocycles. The number of nitrogens with zero attached hydrogens (tertiary/aromatic N) is 1. The Balaban J connectivity index is 1.55. The lowest BCUT2D eigenvalue weighted by Gasteiger charge is -2.33. The van der Waals surface area contributed by atoms with Gasteiger partial charge in [-0.05, 0) is 62.1 Å².